The van der Waals surface area contributed by atoms with Crippen molar-refractivity contribution >= 4 is 22.8 Å². The molecule has 1 saturated carbocycles. The van der Waals surface area contributed by atoms with E-state index < -0.39 is 4.92 Å². The number of rotatable bonds is 4. The van der Waals surface area contributed by atoms with Crippen molar-refractivity contribution in [2.24, 2.45) is 11.8 Å². The molecule has 1 aliphatic carbocycles. The SMILES string of the molecule is CC1CCCCC1CNc1nc2ccc([N+](=O)[O-])cc2o1. The average Bonchev–Trinajstić information content (AvgIpc) is 2.88. The first-order chi connectivity index (χ1) is 10.1. The molecule has 6 nitrogen and oxygen atoms in total. The van der Waals surface area contributed by atoms with E-state index in [1.165, 1.54) is 37.8 Å². The van der Waals surface area contributed by atoms with Gasteiger partial charge in [-0.25, -0.2) is 0 Å². The van der Waals surface area contributed by atoms with Crippen LogP contribution in [0.3, 0.4) is 0 Å². The van der Waals surface area contributed by atoms with Crippen LogP contribution in [0.25, 0.3) is 11.1 Å². The Balaban J connectivity index is 1.71. The lowest BCUT2D eigenvalue weighted by Crippen LogP contribution is -2.24. The lowest BCUT2D eigenvalue weighted by Gasteiger charge is -2.28. The van der Waals surface area contributed by atoms with Crippen molar-refractivity contribution in [1.29, 1.82) is 0 Å². The van der Waals surface area contributed by atoms with E-state index in [2.05, 4.69) is 17.2 Å². The van der Waals surface area contributed by atoms with E-state index >= 15 is 0 Å². The monoisotopic (exact) mass is 289 g/mol. The zero-order valence-electron chi connectivity index (χ0n) is 12.0. The number of oxazole rings is 1. The summed E-state index contributed by atoms with van der Waals surface area (Å²) < 4.78 is 5.56. The summed E-state index contributed by atoms with van der Waals surface area (Å²) in [6.07, 6.45) is 5.13. The maximum Gasteiger partial charge on any atom is 0.295 e. The highest BCUT2D eigenvalue weighted by Crippen LogP contribution is 2.30. The van der Waals surface area contributed by atoms with Crippen LogP contribution in [0.1, 0.15) is 32.6 Å². The third-order valence-corrected chi connectivity index (χ3v) is 4.39. The van der Waals surface area contributed by atoms with Gasteiger partial charge in [-0.3, -0.25) is 10.1 Å². The number of benzene rings is 1. The fourth-order valence-corrected chi connectivity index (χ4v) is 3.02. The van der Waals surface area contributed by atoms with Crippen molar-refractivity contribution in [3.05, 3.63) is 28.3 Å². The van der Waals surface area contributed by atoms with Crippen molar-refractivity contribution in [1.82, 2.24) is 4.98 Å². The van der Waals surface area contributed by atoms with Crippen LogP contribution in [0.15, 0.2) is 22.6 Å². The molecule has 21 heavy (non-hydrogen) atoms. The minimum Gasteiger partial charge on any atom is -0.423 e. The highest BCUT2D eigenvalue weighted by Gasteiger charge is 2.21. The molecule has 0 aliphatic heterocycles. The second-order valence-corrected chi connectivity index (χ2v) is 5.83. The van der Waals surface area contributed by atoms with E-state index in [9.17, 15) is 10.1 Å². The summed E-state index contributed by atoms with van der Waals surface area (Å²) in [6, 6.07) is 4.92. The van der Waals surface area contributed by atoms with Crippen LogP contribution in [-0.2, 0) is 0 Å². The smallest absolute Gasteiger partial charge is 0.295 e. The van der Waals surface area contributed by atoms with Crippen molar-refractivity contribution in [3.8, 4) is 0 Å². The summed E-state index contributed by atoms with van der Waals surface area (Å²) in [5.74, 6) is 1.36. The van der Waals surface area contributed by atoms with E-state index in [1.807, 2.05) is 0 Å². The van der Waals surface area contributed by atoms with Crippen LogP contribution in [-0.4, -0.2) is 16.5 Å². The number of nitrogens with zero attached hydrogens (tertiary/aromatic N) is 2. The Bertz CT molecular complexity index is 653. The third kappa shape index (κ3) is 2.99. The molecule has 2 atom stereocenters. The van der Waals surface area contributed by atoms with Crippen molar-refractivity contribution in [2.75, 3.05) is 11.9 Å². The zero-order chi connectivity index (χ0) is 14.8. The lowest BCUT2D eigenvalue weighted by molar-refractivity contribution is -0.384. The number of hydrogen-bond acceptors (Lipinski definition) is 5. The summed E-state index contributed by atoms with van der Waals surface area (Å²) in [6.45, 7) is 3.14. The Morgan fingerprint density at radius 1 is 1.43 bits per heavy atom. The second kappa shape index (κ2) is 5.71. The molecule has 1 N–H and O–H groups in total. The van der Waals surface area contributed by atoms with Crippen molar-refractivity contribution < 1.29 is 9.34 Å². The Labute approximate surface area is 122 Å². The van der Waals surface area contributed by atoms with Crippen LogP contribution >= 0.6 is 0 Å². The molecule has 1 aromatic carbocycles. The molecule has 1 aliphatic rings. The average molecular weight is 289 g/mol. The third-order valence-electron chi connectivity index (χ3n) is 4.39. The van der Waals surface area contributed by atoms with Crippen LogP contribution < -0.4 is 5.32 Å². The summed E-state index contributed by atoms with van der Waals surface area (Å²) in [5.41, 5.74) is 1.11. The van der Waals surface area contributed by atoms with E-state index in [4.69, 9.17) is 4.42 Å². The van der Waals surface area contributed by atoms with Crippen molar-refractivity contribution in [2.45, 2.75) is 32.6 Å². The molecule has 0 radical (unpaired) electrons. The second-order valence-electron chi connectivity index (χ2n) is 5.83. The van der Waals surface area contributed by atoms with E-state index in [0.717, 1.165) is 12.5 Å². The number of hydrogen-bond donors (Lipinski definition) is 1. The number of nitrogens with one attached hydrogen (secondary N) is 1. The summed E-state index contributed by atoms with van der Waals surface area (Å²) in [5, 5.41) is 14.0. The number of nitro groups is 1. The number of fused-ring (bicyclic) bond motifs is 1. The molecule has 0 saturated heterocycles. The van der Waals surface area contributed by atoms with Crippen LogP contribution in [0.4, 0.5) is 11.7 Å². The number of aromatic nitrogens is 1. The molecule has 1 heterocycles. The van der Waals surface area contributed by atoms with Gasteiger partial charge >= 0.3 is 0 Å². The zero-order valence-corrected chi connectivity index (χ0v) is 12.0. The Hall–Kier alpha value is -2.11. The molecule has 1 fully saturated rings. The predicted molar refractivity (Wildman–Crippen MR) is 80.3 cm³/mol. The van der Waals surface area contributed by atoms with E-state index in [0.29, 0.717) is 23.0 Å². The van der Waals surface area contributed by atoms with Gasteiger partial charge in [0.2, 0.25) is 0 Å². The highest BCUT2D eigenvalue weighted by molar-refractivity contribution is 5.77. The van der Waals surface area contributed by atoms with Gasteiger partial charge in [-0.2, -0.15) is 4.98 Å². The fraction of sp³-hybridized carbons (Fsp3) is 0.533. The summed E-state index contributed by atoms with van der Waals surface area (Å²) in [7, 11) is 0. The molecule has 112 valence electrons. The molecular weight excluding hydrogens is 270 g/mol. The van der Waals surface area contributed by atoms with Crippen LogP contribution in [0.5, 0.6) is 0 Å². The molecule has 2 aromatic rings. The van der Waals surface area contributed by atoms with Crippen LogP contribution in [0, 0.1) is 22.0 Å². The minimum absolute atomic E-state index is 0.0195. The van der Waals surface area contributed by atoms with Gasteiger partial charge < -0.3 is 9.73 Å². The standard InChI is InChI=1S/C15H19N3O3/c1-10-4-2-3-5-11(10)9-16-15-17-13-7-6-12(18(19)20)8-14(13)21-15/h6-8,10-11H,2-5,9H2,1H3,(H,16,17). The first kappa shape index (κ1) is 13.9. The molecule has 0 amide bonds. The first-order valence-corrected chi connectivity index (χ1v) is 7.42. The van der Waals surface area contributed by atoms with Gasteiger partial charge in [0, 0.05) is 12.6 Å². The molecule has 3 rings (SSSR count). The van der Waals surface area contributed by atoms with Gasteiger partial charge in [0.15, 0.2) is 5.58 Å². The lowest BCUT2D eigenvalue weighted by atomic mass is 9.80. The van der Waals surface area contributed by atoms with E-state index in [1.54, 1.807) is 6.07 Å². The quantitative estimate of drug-likeness (QED) is 0.680. The van der Waals surface area contributed by atoms with Gasteiger partial charge in [-0.15, -0.1) is 0 Å². The number of anilines is 1. The number of non-ortho nitro benzene ring substituents is 1. The molecule has 2 unspecified atom stereocenters. The normalized spacial score (nSPS) is 22.3. The minimum atomic E-state index is -0.432. The topological polar surface area (TPSA) is 81.2 Å². The molecule has 6 heteroatoms. The molecule has 1 aromatic heterocycles. The summed E-state index contributed by atoms with van der Waals surface area (Å²) >= 11 is 0. The maximum absolute atomic E-state index is 10.7. The first-order valence-electron chi connectivity index (χ1n) is 7.42. The van der Waals surface area contributed by atoms with Crippen molar-refractivity contribution in [3.63, 3.8) is 0 Å². The largest absolute Gasteiger partial charge is 0.423 e. The van der Waals surface area contributed by atoms with Gasteiger partial charge in [0.25, 0.3) is 11.7 Å². The fourth-order valence-electron chi connectivity index (χ4n) is 3.02. The Kier molecular flexibility index (Phi) is 3.77. The Morgan fingerprint density at radius 3 is 3.00 bits per heavy atom. The van der Waals surface area contributed by atoms with Gasteiger partial charge in [0.1, 0.15) is 5.52 Å². The van der Waals surface area contributed by atoms with Gasteiger partial charge in [-0.05, 0) is 24.3 Å². The molecular formula is C15H19N3O3. The molecule has 0 bridgehead atoms. The van der Waals surface area contributed by atoms with E-state index in [-0.39, 0.29) is 5.69 Å². The van der Waals surface area contributed by atoms with Gasteiger partial charge in [0.05, 0.1) is 11.0 Å². The van der Waals surface area contributed by atoms with Crippen LogP contribution in [0.2, 0.25) is 0 Å². The number of nitro benzene ring substituents is 1. The highest BCUT2D eigenvalue weighted by atomic mass is 16.6. The Morgan fingerprint density at radius 2 is 2.24 bits per heavy atom. The summed E-state index contributed by atoms with van der Waals surface area (Å²) in [4.78, 5) is 14.6. The molecule has 0 spiro atoms. The maximum atomic E-state index is 10.7. The van der Waals surface area contributed by atoms with Gasteiger partial charge in [-0.1, -0.05) is 26.2 Å². The predicted octanol–water partition coefficient (Wildman–Crippen LogP) is 3.97.